The summed E-state index contributed by atoms with van der Waals surface area (Å²) in [7, 11) is 4.59. The van der Waals surface area contributed by atoms with Gasteiger partial charge in [-0.05, 0) is 61.5 Å². The lowest BCUT2D eigenvalue weighted by Crippen LogP contribution is -2.39. The second kappa shape index (κ2) is 18.0. The minimum absolute atomic E-state index is 0.340. The molecule has 0 aliphatic carbocycles. The lowest BCUT2D eigenvalue weighted by molar-refractivity contribution is -0.140. The summed E-state index contributed by atoms with van der Waals surface area (Å²) in [5, 5.41) is 10.8. The van der Waals surface area contributed by atoms with Crippen LogP contribution in [-0.4, -0.2) is 45.0 Å². The van der Waals surface area contributed by atoms with Gasteiger partial charge in [0.15, 0.2) is 16.9 Å². The zero-order valence-electron chi connectivity index (χ0n) is 29.9. The molecule has 0 amide bonds. The third-order valence-corrected chi connectivity index (χ3v) is 8.28. The van der Waals surface area contributed by atoms with Crippen LogP contribution in [0.15, 0.2) is 152 Å². The molecule has 9 heteroatoms. The first-order valence-corrected chi connectivity index (χ1v) is 16.8. The van der Waals surface area contributed by atoms with Gasteiger partial charge in [-0.3, -0.25) is 4.79 Å². The molecule has 0 spiro atoms. The molecule has 6 aromatic carbocycles. The van der Waals surface area contributed by atoms with Crippen LogP contribution >= 0.6 is 0 Å². The maximum Gasteiger partial charge on any atom is 0.347 e. The first-order chi connectivity index (χ1) is 25.9. The van der Waals surface area contributed by atoms with Crippen LogP contribution in [0.5, 0.6) is 40.2 Å². The molecule has 0 atom stereocenters. The van der Waals surface area contributed by atoms with Crippen molar-refractivity contribution in [2.24, 2.45) is 0 Å². The molecule has 0 unspecified atom stereocenters. The van der Waals surface area contributed by atoms with E-state index in [9.17, 15) is 14.7 Å². The van der Waals surface area contributed by atoms with E-state index in [1.165, 1.54) is 21.3 Å². The number of para-hydroxylation sites is 7. The fourth-order valence-corrected chi connectivity index (χ4v) is 5.95. The van der Waals surface area contributed by atoms with Crippen molar-refractivity contribution < 1.29 is 43.1 Å². The number of methoxy groups -OCH3 is 3. The average Bonchev–Trinajstić information content (AvgIpc) is 3.20. The first-order valence-electron chi connectivity index (χ1n) is 16.8. The van der Waals surface area contributed by atoms with Gasteiger partial charge < -0.3 is 33.5 Å². The molecule has 0 fully saturated rings. The lowest BCUT2D eigenvalue weighted by Gasteiger charge is -2.34. The molecule has 0 saturated heterocycles. The molecule has 0 radical (unpaired) electrons. The molecule has 53 heavy (non-hydrogen) atoms. The van der Waals surface area contributed by atoms with Crippen LogP contribution < -0.4 is 28.4 Å². The van der Waals surface area contributed by atoms with Crippen LogP contribution in [0.25, 0.3) is 0 Å². The van der Waals surface area contributed by atoms with E-state index in [0.717, 1.165) is 0 Å². The predicted molar refractivity (Wildman–Crippen MR) is 202 cm³/mol. The number of rotatable bonds is 13. The van der Waals surface area contributed by atoms with Crippen molar-refractivity contribution in [2.75, 3.05) is 27.9 Å². The Labute approximate surface area is 308 Å². The molecule has 0 heterocycles. The number of hydrogen-bond donors (Lipinski definition) is 1. The fraction of sp³-hybridized carbons (Fsp3) is 0.136. The van der Waals surface area contributed by atoms with Crippen molar-refractivity contribution >= 4 is 11.9 Å². The molecular weight excluding hydrogens is 672 g/mol. The van der Waals surface area contributed by atoms with Crippen molar-refractivity contribution in [2.45, 2.75) is 12.3 Å². The summed E-state index contributed by atoms with van der Waals surface area (Å²) in [6, 6.07) is 44.7. The van der Waals surface area contributed by atoms with Crippen LogP contribution in [0.3, 0.4) is 0 Å². The number of hydrogen-bond acceptors (Lipinski definition) is 8. The average molecular weight is 713 g/mol. The number of carboxylic acids is 1. The van der Waals surface area contributed by atoms with E-state index in [-0.39, 0.29) is 0 Å². The standard InChI is InChI=1S/C24H24O5.C20H16O4/c1-4-29-22-16-10-7-13-19(22)24(23(25)26,17-11-5-8-14-20(17)27-2)18-12-6-9-15-21(18)28-3;1-22-18-13-7-8-14-19(18)24-20(21)16-11-5-6-12-17(16)23-15-9-3-2-4-10-15/h5-16H,4H2,1-3H3,(H,25,26);2-14H,1H3. The third kappa shape index (κ3) is 8.26. The van der Waals surface area contributed by atoms with Gasteiger partial charge in [0.1, 0.15) is 34.3 Å². The highest BCUT2D eigenvalue weighted by atomic mass is 16.6. The number of carbonyl (C=O) groups excluding carboxylic acids is 1. The highest BCUT2D eigenvalue weighted by Crippen LogP contribution is 2.49. The Hall–Kier alpha value is -6.74. The zero-order chi connectivity index (χ0) is 37.6. The van der Waals surface area contributed by atoms with Crippen LogP contribution in [0, 0.1) is 0 Å². The summed E-state index contributed by atoms with van der Waals surface area (Å²) in [5.74, 6) is 1.79. The minimum Gasteiger partial charge on any atom is -0.496 e. The summed E-state index contributed by atoms with van der Waals surface area (Å²) in [6.45, 7) is 2.27. The first kappa shape index (κ1) is 37.5. The van der Waals surface area contributed by atoms with E-state index in [2.05, 4.69) is 0 Å². The van der Waals surface area contributed by atoms with Crippen LogP contribution in [0.2, 0.25) is 0 Å². The second-order valence-electron chi connectivity index (χ2n) is 11.3. The van der Waals surface area contributed by atoms with Crippen LogP contribution in [-0.2, 0) is 10.2 Å². The van der Waals surface area contributed by atoms with Gasteiger partial charge in [-0.2, -0.15) is 0 Å². The lowest BCUT2D eigenvalue weighted by atomic mass is 9.68. The van der Waals surface area contributed by atoms with Gasteiger partial charge in [0.25, 0.3) is 0 Å². The highest BCUT2D eigenvalue weighted by molar-refractivity contribution is 5.95. The topological polar surface area (TPSA) is 110 Å². The number of aliphatic carboxylic acids is 1. The van der Waals surface area contributed by atoms with Gasteiger partial charge in [0.05, 0.1) is 27.9 Å². The van der Waals surface area contributed by atoms with Crippen LogP contribution in [0.1, 0.15) is 34.0 Å². The molecule has 0 aliphatic rings. The van der Waals surface area contributed by atoms with E-state index in [4.69, 9.17) is 28.4 Å². The van der Waals surface area contributed by atoms with E-state index in [1.54, 1.807) is 97.1 Å². The maximum atomic E-state index is 13.1. The van der Waals surface area contributed by atoms with Crippen molar-refractivity contribution in [3.8, 4) is 40.2 Å². The third-order valence-electron chi connectivity index (χ3n) is 8.28. The molecule has 0 saturated carbocycles. The number of carbonyl (C=O) groups is 2. The van der Waals surface area contributed by atoms with Crippen molar-refractivity contribution in [3.05, 3.63) is 174 Å². The summed E-state index contributed by atoms with van der Waals surface area (Å²) in [4.78, 5) is 25.7. The monoisotopic (exact) mass is 712 g/mol. The summed E-state index contributed by atoms with van der Waals surface area (Å²) < 4.78 is 33.4. The quantitative estimate of drug-likeness (QED) is 0.0712. The Bertz CT molecular complexity index is 2080. The maximum absolute atomic E-state index is 13.1. The summed E-state index contributed by atoms with van der Waals surface area (Å²) >= 11 is 0. The van der Waals surface area contributed by atoms with Crippen LogP contribution in [0.4, 0.5) is 0 Å². The van der Waals surface area contributed by atoms with Gasteiger partial charge in [0, 0.05) is 16.7 Å². The zero-order valence-corrected chi connectivity index (χ0v) is 29.9. The Morgan fingerprint density at radius 3 is 1.43 bits per heavy atom. The molecule has 0 aliphatic heterocycles. The van der Waals surface area contributed by atoms with E-state index in [1.807, 2.05) is 61.5 Å². The molecule has 0 bridgehead atoms. The molecule has 270 valence electrons. The predicted octanol–water partition coefficient (Wildman–Crippen LogP) is 9.23. The van der Waals surface area contributed by atoms with E-state index < -0.39 is 17.4 Å². The normalized spacial score (nSPS) is 10.6. The summed E-state index contributed by atoms with van der Waals surface area (Å²) in [6.07, 6.45) is 0. The van der Waals surface area contributed by atoms with Gasteiger partial charge in [-0.1, -0.05) is 97.1 Å². The molecule has 6 rings (SSSR count). The fourth-order valence-electron chi connectivity index (χ4n) is 5.95. The SMILES string of the molecule is CCOc1ccccc1C(C(=O)O)(c1ccccc1OC)c1ccccc1OC.COc1ccccc1OC(=O)c1ccccc1Oc1ccccc1. The van der Waals surface area contributed by atoms with Gasteiger partial charge >= 0.3 is 11.9 Å². The molecule has 9 nitrogen and oxygen atoms in total. The van der Waals surface area contributed by atoms with E-state index in [0.29, 0.717) is 69.1 Å². The second-order valence-corrected chi connectivity index (χ2v) is 11.3. The molecule has 6 aromatic rings. The smallest absolute Gasteiger partial charge is 0.347 e. The summed E-state index contributed by atoms with van der Waals surface area (Å²) in [5.41, 5.74) is 0.222. The van der Waals surface area contributed by atoms with Gasteiger partial charge in [-0.25, -0.2) is 4.79 Å². The van der Waals surface area contributed by atoms with Gasteiger partial charge in [0.2, 0.25) is 0 Å². The largest absolute Gasteiger partial charge is 0.496 e. The van der Waals surface area contributed by atoms with Crippen molar-refractivity contribution in [1.82, 2.24) is 0 Å². The number of benzene rings is 6. The number of ether oxygens (including phenoxy) is 6. The molecule has 1 N–H and O–H groups in total. The number of carboxylic acid groups (broad SMARTS) is 1. The Kier molecular flexibility index (Phi) is 12.7. The Balaban J connectivity index is 0.000000208. The Morgan fingerprint density at radius 1 is 0.509 bits per heavy atom. The molecular formula is C44H40O9. The van der Waals surface area contributed by atoms with E-state index >= 15 is 0 Å². The number of esters is 1. The van der Waals surface area contributed by atoms with Crippen molar-refractivity contribution in [3.63, 3.8) is 0 Å². The van der Waals surface area contributed by atoms with Gasteiger partial charge in [-0.15, -0.1) is 0 Å². The highest BCUT2D eigenvalue weighted by Gasteiger charge is 2.49. The minimum atomic E-state index is -1.61. The molecule has 0 aromatic heterocycles. The Morgan fingerprint density at radius 2 is 0.925 bits per heavy atom. The van der Waals surface area contributed by atoms with Crippen molar-refractivity contribution in [1.29, 1.82) is 0 Å².